The number of hydrogen-bond acceptors (Lipinski definition) is 3. The molecule has 0 unspecified atom stereocenters. The van der Waals surface area contributed by atoms with Crippen molar-refractivity contribution in [3.63, 3.8) is 0 Å². The first kappa shape index (κ1) is 14.5. The quantitative estimate of drug-likeness (QED) is 0.656. The lowest BCUT2D eigenvalue weighted by atomic mass is 10.0. The van der Waals surface area contributed by atoms with Crippen LogP contribution in [0.1, 0.15) is 17.3 Å². The number of halogens is 1. The van der Waals surface area contributed by atoms with Gasteiger partial charge in [-0.15, -0.1) is 0 Å². The van der Waals surface area contributed by atoms with E-state index in [1.807, 2.05) is 48.5 Å². The van der Waals surface area contributed by atoms with Crippen LogP contribution < -0.4 is 0 Å². The molecule has 3 rings (SSSR count). The second kappa shape index (κ2) is 6.16. The molecule has 1 aromatic heterocycles. The Balaban J connectivity index is 2.20. The van der Waals surface area contributed by atoms with Crippen molar-refractivity contribution in [3.8, 4) is 11.1 Å². The smallest absolute Gasteiger partial charge is 0.341 e. The summed E-state index contributed by atoms with van der Waals surface area (Å²) in [6.07, 6.45) is 1.48. The van der Waals surface area contributed by atoms with Gasteiger partial charge < -0.3 is 4.74 Å². The number of rotatable bonds is 3. The van der Waals surface area contributed by atoms with Gasteiger partial charge in [-0.25, -0.2) is 4.79 Å². The van der Waals surface area contributed by atoms with Crippen LogP contribution in [-0.2, 0) is 4.74 Å². The number of carbonyl (C=O) groups excluding carboxylic acids is 1. The summed E-state index contributed by atoms with van der Waals surface area (Å²) in [5.74, 6) is -0.452. The van der Waals surface area contributed by atoms with E-state index in [-0.39, 0.29) is 0 Å². The largest absolute Gasteiger partial charge is 0.462 e. The highest BCUT2D eigenvalue weighted by molar-refractivity contribution is 6.38. The predicted molar refractivity (Wildman–Crippen MR) is 88.1 cm³/mol. The highest BCUT2D eigenvalue weighted by Gasteiger charge is 2.16. The lowest BCUT2D eigenvalue weighted by Crippen LogP contribution is -2.06. The summed E-state index contributed by atoms with van der Waals surface area (Å²) in [5, 5.41) is 1.12. The van der Waals surface area contributed by atoms with E-state index in [2.05, 4.69) is 4.98 Å². The molecule has 0 amide bonds. The van der Waals surface area contributed by atoms with Crippen LogP contribution >= 0.6 is 11.6 Å². The van der Waals surface area contributed by atoms with Gasteiger partial charge in [0.15, 0.2) is 0 Å². The number of ether oxygens (including phenoxy) is 1. The Morgan fingerprint density at radius 2 is 1.91 bits per heavy atom. The van der Waals surface area contributed by atoms with Crippen molar-refractivity contribution in [1.82, 2.24) is 4.98 Å². The van der Waals surface area contributed by atoms with Crippen molar-refractivity contribution in [2.75, 3.05) is 6.61 Å². The molecule has 0 aliphatic heterocycles. The van der Waals surface area contributed by atoms with E-state index in [9.17, 15) is 4.79 Å². The number of pyridine rings is 1. The number of esters is 1. The lowest BCUT2D eigenvalue weighted by molar-refractivity contribution is 0.0526. The highest BCUT2D eigenvalue weighted by atomic mass is 35.5. The third-order valence-electron chi connectivity index (χ3n) is 3.41. The first-order valence-electron chi connectivity index (χ1n) is 7.02. The fourth-order valence-corrected chi connectivity index (χ4v) is 2.67. The van der Waals surface area contributed by atoms with Crippen LogP contribution in [-0.4, -0.2) is 17.6 Å². The molecule has 110 valence electrons. The van der Waals surface area contributed by atoms with E-state index in [0.717, 1.165) is 22.0 Å². The summed E-state index contributed by atoms with van der Waals surface area (Å²) in [7, 11) is 0. The van der Waals surface area contributed by atoms with Crippen LogP contribution in [0.5, 0.6) is 0 Å². The maximum Gasteiger partial charge on any atom is 0.341 e. The Bertz CT molecular complexity index is 831. The first-order valence-corrected chi connectivity index (χ1v) is 7.40. The molecule has 0 N–H and O–H groups in total. The summed E-state index contributed by atoms with van der Waals surface area (Å²) in [6.45, 7) is 2.06. The van der Waals surface area contributed by atoms with E-state index in [0.29, 0.717) is 17.2 Å². The summed E-state index contributed by atoms with van der Waals surface area (Å²) in [5.41, 5.74) is 3.10. The number of nitrogens with zero attached hydrogens (tertiary/aromatic N) is 1. The standard InChI is InChI=1S/C18H14ClNO2/c1-2-22-18(21)15-11-20-17-13(12-7-4-3-5-8-12)9-6-10-14(17)16(15)19/h3-11H,2H2,1H3. The average Bonchev–Trinajstić information content (AvgIpc) is 2.56. The molecule has 2 aromatic carbocycles. The summed E-state index contributed by atoms with van der Waals surface area (Å²) >= 11 is 6.39. The van der Waals surface area contributed by atoms with Crippen LogP contribution in [0.2, 0.25) is 5.02 Å². The zero-order chi connectivity index (χ0) is 15.5. The zero-order valence-electron chi connectivity index (χ0n) is 12.0. The second-order valence-electron chi connectivity index (χ2n) is 4.77. The maximum atomic E-state index is 11.9. The minimum Gasteiger partial charge on any atom is -0.462 e. The number of para-hydroxylation sites is 1. The van der Waals surface area contributed by atoms with Crippen LogP contribution in [0.15, 0.2) is 54.7 Å². The van der Waals surface area contributed by atoms with Gasteiger partial charge >= 0.3 is 5.97 Å². The van der Waals surface area contributed by atoms with Crippen molar-refractivity contribution in [2.24, 2.45) is 0 Å². The highest BCUT2D eigenvalue weighted by Crippen LogP contribution is 2.32. The second-order valence-corrected chi connectivity index (χ2v) is 5.15. The Kier molecular flexibility index (Phi) is 4.07. The number of carbonyl (C=O) groups is 1. The molecular weight excluding hydrogens is 298 g/mol. The fraction of sp³-hybridized carbons (Fsp3) is 0.111. The zero-order valence-corrected chi connectivity index (χ0v) is 12.8. The minimum atomic E-state index is -0.452. The van der Waals surface area contributed by atoms with Crippen LogP contribution in [0, 0.1) is 0 Å². The molecule has 4 heteroatoms. The SMILES string of the molecule is CCOC(=O)c1cnc2c(-c3ccccc3)cccc2c1Cl. The van der Waals surface area contributed by atoms with Gasteiger partial charge in [0, 0.05) is 17.1 Å². The first-order chi connectivity index (χ1) is 10.7. The Hall–Kier alpha value is -2.39. The molecule has 0 radical (unpaired) electrons. The number of aromatic nitrogens is 1. The summed E-state index contributed by atoms with van der Waals surface area (Å²) < 4.78 is 5.01. The van der Waals surface area contributed by atoms with Gasteiger partial charge in [-0.2, -0.15) is 0 Å². The predicted octanol–water partition coefficient (Wildman–Crippen LogP) is 4.73. The van der Waals surface area contributed by atoms with E-state index in [1.54, 1.807) is 6.92 Å². The molecule has 0 bridgehead atoms. The Morgan fingerprint density at radius 3 is 2.64 bits per heavy atom. The fourth-order valence-electron chi connectivity index (χ4n) is 2.39. The number of hydrogen-bond donors (Lipinski definition) is 0. The molecule has 22 heavy (non-hydrogen) atoms. The van der Waals surface area contributed by atoms with Crippen molar-refractivity contribution in [2.45, 2.75) is 6.92 Å². The maximum absolute atomic E-state index is 11.9. The molecular formula is C18H14ClNO2. The molecule has 0 atom stereocenters. The van der Waals surface area contributed by atoms with Crippen LogP contribution in [0.25, 0.3) is 22.0 Å². The van der Waals surface area contributed by atoms with Crippen LogP contribution in [0.3, 0.4) is 0 Å². The minimum absolute atomic E-state index is 0.293. The molecule has 0 aliphatic rings. The molecule has 3 aromatic rings. The third-order valence-corrected chi connectivity index (χ3v) is 3.82. The molecule has 0 saturated heterocycles. The molecule has 3 nitrogen and oxygen atoms in total. The molecule has 0 saturated carbocycles. The molecule has 0 spiro atoms. The summed E-state index contributed by atoms with van der Waals surface area (Å²) in [4.78, 5) is 16.4. The molecule has 0 aliphatic carbocycles. The van der Waals surface area contributed by atoms with Gasteiger partial charge in [0.1, 0.15) is 0 Å². The van der Waals surface area contributed by atoms with Crippen molar-refractivity contribution in [1.29, 1.82) is 0 Å². The van der Waals surface area contributed by atoms with E-state index >= 15 is 0 Å². The lowest BCUT2D eigenvalue weighted by Gasteiger charge is -2.10. The van der Waals surface area contributed by atoms with Gasteiger partial charge in [0.2, 0.25) is 0 Å². The molecule has 1 heterocycles. The number of fused-ring (bicyclic) bond motifs is 1. The van der Waals surface area contributed by atoms with Crippen molar-refractivity contribution >= 4 is 28.5 Å². The van der Waals surface area contributed by atoms with Gasteiger partial charge in [-0.1, -0.05) is 60.1 Å². The van der Waals surface area contributed by atoms with Crippen LogP contribution in [0.4, 0.5) is 0 Å². The summed E-state index contributed by atoms with van der Waals surface area (Å²) in [6, 6.07) is 15.7. The Morgan fingerprint density at radius 1 is 1.14 bits per heavy atom. The molecule has 0 fully saturated rings. The third kappa shape index (κ3) is 2.55. The van der Waals surface area contributed by atoms with Gasteiger partial charge in [0.25, 0.3) is 0 Å². The van der Waals surface area contributed by atoms with Gasteiger partial charge in [-0.3, -0.25) is 4.98 Å². The van der Waals surface area contributed by atoms with E-state index in [1.165, 1.54) is 6.20 Å². The average molecular weight is 312 g/mol. The van der Waals surface area contributed by atoms with E-state index < -0.39 is 5.97 Å². The Labute approximate surface area is 133 Å². The van der Waals surface area contributed by atoms with Gasteiger partial charge in [0.05, 0.1) is 22.7 Å². The van der Waals surface area contributed by atoms with Crippen molar-refractivity contribution < 1.29 is 9.53 Å². The topological polar surface area (TPSA) is 39.2 Å². The monoisotopic (exact) mass is 311 g/mol. The van der Waals surface area contributed by atoms with Gasteiger partial charge in [-0.05, 0) is 12.5 Å². The van der Waals surface area contributed by atoms with E-state index in [4.69, 9.17) is 16.3 Å². The number of benzene rings is 2. The normalized spacial score (nSPS) is 10.6. The van der Waals surface area contributed by atoms with Crippen molar-refractivity contribution in [3.05, 3.63) is 65.3 Å².